The number of primary amides is 1. The molecule has 2 fully saturated rings. The van der Waals surface area contributed by atoms with Crippen LogP contribution in [0.3, 0.4) is 0 Å². The molecule has 0 aromatic heterocycles. The number of hydrogen-bond donors (Lipinski definition) is 2. The highest BCUT2D eigenvalue weighted by atomic mass is 16.3. The Kier molecular flexibility index (Phi) is 4.76. The number of likely N-dealkylation sites (tertiary alicyclic amines) is 2. The van der Waals surface area contributed by atoms with Crippen molar-refractivity contribution in [1.82, 2.24) is 9.80 Å². The van der Waals surface area contributed by atoms with Gasteiger partial charge in [-0.2, -0.15) is 0 Å². The third-order valence-electron chi connectivity index (χ3n) is 4.09. The molecule has 3 N–H and O–H groups in total. The molecule has 2 rings (SSSR count). The molecule has 2 aliphatic rings. The molecule has 0 aromatic carbocycles. The van der Waals surface area contributed by atoms with Crippen molar-refractivity contribution in [3.8, 4) is 0 Å². The van der Waals surface area contributed by atoms with Gasteiger partial charge in [-0.1, -0.05) is 0 Å². The summed E-state index contributed by atoms with van der Waals surface area (Å²) < 4.78 is 0. The van der Waals surface area contributed by atoms with E-state index in [0.29, 0.717) is 13.1 Å². The molecule has 19 heavy (non-hydrogen) atoms. The van der Waals surface area contributed by atoms with Gasteiger partial charge in [-0.25, -0.2) is 0 Å². The average Bonchev–Trinajstić information content (AvgIpc) is 2.41. The number of carbonyl (C=O) groups is 2. The second-order valence-corrected chi connectivity index (χ2v) is 5.59. The fourth-order valence-electron chi connectivity index (χ4n) is 2.80. The number of amides is 2. The van der Waals surface area contributed by atoms with Gasteiger partial charge in [-0.15, -0.1) is 0 Å². The zero-order valence-electron chi connectivity index (χ0n) is 11.3. The lowest BCUT2D eigenvalue weighted by atomic mass is 9.97. The van der Waals surface area contributed by atoms with Crippen molar-refractivity contribution >= 4 is 11.8 Å². The number of aliphatic hydroxyl groups is 1. The third kappa shape index (κ3) is 3.91. The molecule has 6 nitrogen and oxygen atoms in total. The number of aliphatic hydroxyl groups excluding tert-OH is 1. The van der Waals surface area contributed by atoms with Crippen LogP contribution in [-0.4, -0.2) is 65.5 Å². The quantitative estimate of drug-likeness (QED) is 0.700. The standard InChI is InChI=1S/C13H23N3O3/c14-13(19)10-2-1-5-16(8-10)12(18)9-15-6-3-11(17)4-7-15/h10-11,17H,1-9H2,(H2,14,19). The monoisotopic (exact) mass is 269 g/mol. The molecule has 1 unspecified atom stereocenters. The summed E-state index contributed by atoms with van der Waals surface area (Å²) in [6.45, 7) is 3.10. The Morgan fingerprint density at radius 3 is 2.47 bits per heavy atom. The van der Waals surface area contributed by atoms with Gasteiger partial charge in [-0.05, 0) is 25.7 Å². The summed E-state index contributed by atoms with van der Waals surface area (Å²) in [6, 6.07) is 0. The highest BCUT2D eigenvalue weighted by molar-refractivity contribution is 5.81. The van der Waals surface area contributed by atoms with E-state index < -0.39 is 0 Å². The van der Waals surface area contributed by atoms with Crippen LogP contribution < -0.4 is 5.73 Å². The third-order valence-corrected chi connectivity index (χ3v) is 4.09. The van der Waals surface area contributed by atoms with Crippen LogP contribution in [0.5, 0.6) is 0 Å². The maximum atomic E-state index is 12.2. The van der Waals surface area contributed by atoms with Crippen LogP contribution in [0.1, 0.15) is 25.7 Å². The normalized spacial score (nSPS) is 26.4. The molecular formula is C13H23N3O3. The molecular weight excluding hydrogens is 246 g/mol. The molecule has 0 spiro atoms. The lowest BCUT2D eigenvalue weighted by Crippen LogP contribution is -2.49. The van der Waals surface area contributed by atoms with E-state index in [1.807, 2.05) is 0 Å². The Morgan fingerprint density at radius 2 is 1.84 bits per heavy atom. The molecule has 2 aliphatic heterocycles. The predicted octanol–water partition coefficient (Wildman–Crippen LogP) is -0.833. The van der Waals surface area contributed by atoms with E-state index in [4.69, 9.17) is 5.73 Å². The Balaban J connectivity index is 1.80. The first kappa shape index (κ1) is 14.3. The molecule has 2 saturated heterocycles. The fourth-order valence-corrected chi connectivity index (χ4v) is 2.80. The zero-order chi connectivity index (χ0) is 13.8. The van der Waals surface area contributed by atoms with Crippen molar-refractivity contribution < 1.29 is 14.7 Å². The van der Waals surface area contributed by atoms with E-state index in [1.165, 1.54) is 0 Å². The highest BCUT2D eigenvalue weighted by Gasteiger charge is 2.28. The van der Waals surface area contributed by atoms with Crippen molar-refractivity contribution in [2.75, 3.05) is 32.7 Å². The van der Waals surface area contributed by atoms with Crippen LogP contribution in [0.4, 0.5) is 0 Å². The van der Waals surface area contributed by atoms with Crippen molar-refractivity contribution in [2.24, 2.45) is 11.7 Å². The van der Waals surface area contributed by atoms with Gasteiger partial charge < -0.3 is 15.7 Å². The minimum atomic E-state index is -0.307. The summed E-state index contributed by atoms with van der Waals surface area (Å²) in [5.74, 6) is -0.429. The molecule has 0 radical (unpaired) electrons. The lowest BCUT2D eigenvalue weighted by molar-refractivity contribution is -0.136. The highest BCUT2D eigenvalue weighted by Crippen LogP contribution is 2.17. The van der Waals surface area contributed by atoms with Gasteiger partial charge in [0.15, 0.2) is 0 Å². The number of hydrogen-bond acceptors (Lipinski definition) is 4. The van der Waals surface area contributed by atoms with Gasteiger partial charge >= 0.3 is 0 Å². The first-order valence-electron chi connectivity index (χ1n) is 7.04. The van der Waals surface area contributed by atoms with Crippen LogP contribution in [0.25, 0.3) is 0 Å². The van der Waals surface area contributed by atoms with E-state index in [9.17, 15) is 14.7 Å². The Bertz CT molecular complexity index is 340. The molecule has 1 atom stereocenters. The number of piperidine rings is 2. The molecule has 2 heterocycles. The Labute approximate surface area is 113 Å². The molecule has 2 amide bonds. The zero-order valence-corrected chi connectivity index (χ0v) is 11.3. The molecule has 6 heteroatoms. The maximum Gasteiger partial charge on any atom is 0.236 e. The Morgan fingerprint density at radius 1 is 1.16 bits per heavy atom. The average molecular weight is 269 g/mol. The maximum absolute atomic E-state index is 12.2. The number of carbonyl (C=O) groups excluding carboxylic acids is 2. The molecule has 0 aromatic rings. The molecule has 0 saturated carbocycles. The first-order valence-corrected chi connectivity index (χ1v) is 7.04. The van der Waals surface area contributed by atoms with Gasteiger partial charge in [0.2, 0.25) is 11.8 Å². The van der Waals surface area contributed by atoms with Crippen molar-refractivity contribution in [2.45, 2.75) is 31.8 Å². The summed E-state index contributed by atoms with van der Waals surface area (Å²) in [4.78, 5) is 27.2. The van der Waals surface area contributed by atoms with E-state index >= 15 is 0 Å². The molecule has 0 bridgehead atoms. The summed E-state index contributed by atoms with van der Waals surface area (Å²) in [6.07, 6.45) is 2.88. The van der Waals surface area contributed by atoms with E-state index in [-0.39, 0.29) is 23.8 Å². The predicted molar refractivity (Wildman–Crippen MR) is 70.2 cm³/mol. The number of rotatable bonds is 3. The van der Waals surface area contributed by atoms with Crippen LogP contribution in [0, 0.1) is 5.92 Å². The fraction of sp³-hybridized carbons (Fsp3) is 0.846. The first-order chi connectivity index (χ1) is 9.06. The van der Waals surface area contributed by atoms with E-state index in [0.717, 1.165) is 45.3 Å². The van der Waals surface area contributed by atoms with Crippen molar-refractivity contribution in [3.63, 3.8) is 0 Å². The second kappa shape index (κ2) is 6.34. The summed E-state index contributed by atoms with van der Waals surface area (Å²) in [7, 11) is 0. The van der Waals surface area contributed by atoms with Gasteiger partial charge in [0.25, 0.3) is 0 Å². The lowest BCUT2D eigenvalue weighted by Gasteiger charge is -2.34. The second-order valence-electron chi connectivity index (χ2n) is 5.59. The number of nitrogens with two attached hydrogens (primary N) is 1. The van der Waals surface area contributed by atoms with Gasteiger partial charge in [0.1, 0.15) is 0 Å². The van der Waals surface area contributed by atoms with Crippen molar-refractivity contribution in [3.05, 3.63) is 0 Å². The van der Waals surface area contributed by atoms with Crippen LogP contribution in [-0.2, 0) is 9.59 Å². The van der Waals surface area contributed by atoms with Crippen molar-refractivity contribution in [1.29, 1.82) is 0 Å². The van der Waals surface area contributed by atoms with E-state index in [1.54, 1.807) is 4.90 Å². The largest absolute Gasteiger partial charge is 0.393 e. The smallest absolute Gasteiger partial charge is 0.236 e. The van der Waals surface area contributed by atoms with Crippen LogP contribution in [0.15, 0.2) is 0 Å². The molecule has 0 aliphatic carbocycles. The van der Waals surface area contributed by atoms with E-state index in [2.05, 4.69) is 4.90 Å². The summed E-state index contributed by atoms with van der Waals surface area (Å²) in [5.41, 5.74) is 5.31. The summed E-state index contributed by atoms with van der Waals surface area (Å²) in [5, 5.41) is 9.43. The van der Waals surface area contributed by atoms with Gasteiger partial charge in [0.05, 0.1) is 18.6 Å². The Hall–Kier alpha value is -1.14. The topological polar surface area (TPSA) is 86.9 Å². The van der Waals surface area contributed by atoms with Gasteiger partial charge in [0, 0.05) is 26.2 Å². The van der Waals surface area contributed by atoms with Crippen LogP contribution >= 0.6 is 0 Å². The minimum Gasteiger partial charge on any atom is -0.393 e. The number of nitrogens with zero attached hydrogens (tertiary/aromatic N) is 2. The van der Waals surface area contributed by atoms with Crippen LogP contribution in [0.2, 0.25) is 0 Å². The molecule has 108 valence electrons. The van der Waals surface area contributed by atoms with Gasteiger partial charge in [-0.3, -0.25) is 14.5 Å². The SMILES string of the molecule is NC(=O)C1CCCN(C(=O)CN2CCC(O)CC2)C1. The summed E-state index contributed by atoms with van der Waals surface area (Å²) >= 11 is 0. The minimum absolute atomic E-state index is 0.0716.